The highest BCUT2D eigenvalue weighted by Crippen LogP contribution is 2.29. The number of rotatable bonds is 2. The number of ether oxygens (including phenoxy) is 1. The average molecular weight is 295 g/mol. The van der Waals surface area contributed by atoms with E-state index >= 15 is 0 Å². The normalized spacial score (nSPS) is 10.7. The van der Waals surface area contributed by atoms with Crippen LogP contribution in [0.4, 0.5) is 4.39 Å². The number of benzene rings is 2. The fraction of sp³-hybridized carbons (Fsp3) is 0.111. The van der Waals surface area contributed by atoms with Gasteiger partial charge in [0.15, 0.2) is 0 Å². The first kappa shape index (κ1) is 14.2. The highest BCUT2D eigenvalue weighted by atomic mass is 19.1. The third-order valence-corrected chi connectivity index (χ3v) is 3.63. The van der Waals surface area contributed by atoms with E-state index in [0.717, 1.165) is 22.0 Å². The predicted molar refractivity (Wildman–Crippen MR) is 83.2 cm³/mol. The number of esters is 1. The number of aromatic nitrogens is 1. The molecule has 0 atom stereocenters. The van der Waals surface area contributed by atoms with E-state index in [0.29, 0.717) is 11.1 Å². The largest absolute Gasteiger partial charge is 0.465 e. The second kappa shape index (κ2) is 5.56. The van der Waals surface area contributed by atoms with E-state index in [4.69, 9.17) is 4.74 Å². The first-order chi connectivity index (χ1) is 10.6. The van der Waals surface area contributed by atoms with E-state index in [2.05, 4.69) is 4.98 Å². The van der Waals surface area contributed by atoms with Crippen LogP contribution in [0.25, 0.3) is 22.0 Å². The molecule has 110 valence electrons. The van der Waals surface area contributed by atoms with Gasteiger partial charge in [0.05, 0.1) is 18.2 Å². The molecule has 2 aromatic carbocycles. The van der Waals surface area contributed by atoms with Gasteiger partial charge in [0.1, 0.15) is 5.82 Å². The number of fused-ring (bicyclic) bond motifs is 1. The standard InChI is InChI=1S/C18H14FNO2/c1-11-9-12(3-5-16(11)19)14-7-8-20-17-6-4-13(10-15(14)17)18(21)22-2/h3-10H,1-2H3. The van der Waals surface area contributed by atoms with Crippen molar-refractivity contribution in [1.29, 1.82) is 0 Å². The van der Waals surface area contributed by atoms with E-state index in [1.807, 2.05) is 6.07 Å². The third kappa shape index (κ3) is 2.44. The molecule has 1 aromatic heterocycles. The zero-order valence-corrected chi connectivity index (χ0v) is 12.3. The smallest absolute Gasteiger partial charge is 0.337 e. The van der Waals surface area contributed by atoms with Crippen LogP contribution in [0.1, 0.15) is 15.9 Å². The summed E-state index contributed by atoms with van der Waals surface area (Å²) in [7, 11) is 1.35. The average Bonchev–Trinajstić information content (AvgIpc) is 2.55. The topological polar surface area (TPSA) is 39.2 Å². The summed E-state index contributed by atoms with van der Waals surface area (Å²) in [6.07, 6.45) is 1.70. The van der Waals surface area contributed by atoms with Gasteiger partial charge >= 0.3 is 5.97 Å². The number of halogens is 1. The molecule has 22 heavy (non-hydrogen) atoms. The second-order valence-electron chi connectivity index (χ2n) is 5.05. The number of nitrogens with zero attached hydrogens (tertiary/aromatic N) is 1. The molecule has 0 fully saturated rings. The van der Waals surface area contributed by atoms with Gasteiger partial charge in [0.25, 0.3) is 0 Å². The fourth-order valence-electron chi connectivity index (χ4n) is 2.46. The number of pyridine rings is 1. The Morgan fingerprint density at radius 1 is 1.14 bits per heavy atom. The van der Waals surface area contributed by atoms with E-state index in [1.54, 1.807) is 43.5 Å². The predicted octanol–water partition coefficient (Wildman–Crippen LogP) is 4.14. The van der Waals surface area contributed by atoms with Gasteiger partial charge in [-0.3, -0.25) is 4.98 Å². The summed E-state index contributed by atoms with van der Waals surface area (Å²) in [5.41, 5.74) is 3.59. The molecular weight excluding hydrogens is 281 g/mol. The first-order valence-corrected chi connectivity index (χ1v) is 6.84. The van der Waals surface area contributed by atoms with E-state index < -0.39 is 5.97 Å². The quantitative estimate of drug-likeness (QED) is 0.667. The van der Waals surface area contributed by atoms with Gasteiger partial charge in [-0.2, -0.15) is 0 Å². The van der Waals surface area contributed by atoms with Crippen molar-refractivity contribution in [2.75, 3.05) is 7.11 Å². The summed E-state index contributed by atoms with van der Waals surface area (Å²) >= 11 is 0. The molecule has 4 heteroatoms. The molecule has 0 aliphatic heterocycles. The molecule has 0 bridgehead atoms. The Balaban J connectivity index is 2.24. The number of carbonyl (C=O) groups is 1. The van der Waals surface area contributed by atoms with Crippen LogP contribution >= 0.6 is 0 Å². The maximum absolute atomic E-state index is 13.5. The number of hydrogen-bond acceptors (Lipinski definition) is 3. The van der Waals surface area contributed by atoms with Crippen molar-refractivity contribution in [3.63, 3.8) is 0 Å². The van der Waals surface area contributed by atoms with E-state index in [9.17, 15) is 9.18 Å². The summed E-state index contributed by atoms with van der Waals surface area (Å²) < 4.78 is 18.2. The Bertz CT molecular complexity index is 874. The van der Waals surface area contributed by atoms with Crippen LogP contribution in [0.2, 0.25) is 0 Å². The molecule has 0 aliphatic rings. The summed E-state index contributed by atoms with van der Waals surface area (Å²) in [6, 6.07) is 12.0. The minimum atomic E-state index is -0.396. The second-order valence-corrected chi connectivity index (χ2v) is 5.05. The molecule has 3 aromatic rings. The lowest BCUT2D eigenvalue weighted by Gasteiger charge is -2.09. The fourth-order valence-corrected chi connectivity index (χ4v) is 2.46. The van der Waals surface area contributed by atoms with Gasteiger partial charge < -0.3 is 4.74 Å². The van der Waals surface area contributed by atoms with Gasteiger partial charge in [-0.25, -0.2) is 9.18 Å². The Hall–Kier alpha value is -2.75. The number of methoxy groups -OCH3 is 1. The van der Waals surface area contributed by atoms with Crippen LogP contribution in [0, 0.1) is 12.7 Å². The van der Waals surface area contributed by atoms with Crippen molar-refractivity contribution >= 4 is 16.9 Å². The summed E-state index contributed by atoms with van der Waals surface area (Å²) in [5, 5.41) is 0.830. The number of aryl methyl sites for hydroxylation is 1. The highest BCUT2D eigenvalue weighted by Gasteiger charge is 2.11. The van der Waals surface area contributed by atoms with Crippen molar-refractivity contribution in [1.82, 2.24) is 4.98 Å². The Morgan fingerprint density at radius 3 is 2.68 bits per heavy atom. The summed E-state index contributed by atoms with van der Waals surface area (Å²) in [4.78, 5) is 16.0. The Labute approximate surface area is 127 Å². The molecule has 0 unspecified atom stereocenters. The van der Waals surface area contributed by atoms with E-state index in [-0.39, 0.29) is 5.82 Å². The van der Waals surface area contributed by atoms with E-state index in [1.165, 1.54) is 13.2 Å². The molecule has 1 heterocycles. The molecule has 0 amide bonds. The molecule has 3 nitrogen and oxygen atoms in total. The number of hydrogen-bond donors (Lipinski definition) is 0. The van der Waals surface area contributed by atoms with Crippen molar-refractivity contribution in [3.8, 4) is 11.1 Å². The van der Waals surface area contributed by atoms with Crippen molar-refractivity contribution in [3.05, 3.63) is 65.6 Å². The SMILES string of the molecule is COC(=O)c1ccc2nccc(-c3ccc(F)c(C)c3)c2c1. The Morgan fingerprint density at radius 2 is 1.95 bits per heavy atom. The zero-order valence-electron chi connectivity index (χ0n) is 12.3. The molecule has 0 spiro atoms. The van der Waals surface area contributed by atoms with Gasteiger partial charge in [-0.15, -0.1) is 0 Å². The molecule has 0 saturated heterocycles. The number of carbonyl (C=O) groups excluding carboxylic acids is 1. The van der Waals surface area contributed by atoms with Gasteiger partial charge in [0, 0.05) is 11.6 Å². The van der Waals surface area contributed by atoms with Gasteiger partial charge in [0.2, 0.25) is 0 Å². The van der Waals surface area contributed by atoms with Crippen LogP contribution in [0.15, 0.2) is 48.7 Å². The van der Waals surface area contributed by atoms with Crippen molar-refractivity contribution in [2.24, 2.45) is 0 Å². The monoisotopic (exact) mass is 295 g/mol. The molecule has 0 aliphatic carbocycles. The molecular formula is C18H14FNO2. The molecule has 0 saturated carbocycles. The van der Waals surface area contributed by atoms with Crippen LogP contribution in [0.5, 0.6) is 0 Å². The highest BCUT2D eigenvalue weighted by molar-refractivity contribution is 6.00. The molecule has 0 N–H and O–H groups in total. The van der Waals surface area contributed by atoms with Crippen LogP contribution in [-0.4, -0.2) is 18.1 Å². The van der Waals surface area contributed by atoms with Crippen molar-refractivity contribution in [2.45, 2.75) is 6.92 Å². The molecule has 0 radical (unpaired) electrons. The van der Waals surface area contributed by atoms with Crippen LogP contribution in [-0.2, 0) is 4.74 Å². The van der Waals surface area contributed by atoms with Crippen LogP contribution < -0.4 is 0 Å². The Kier molecular flexibility index (Phi) is 3.59. The summed E-state index contributed by atoms with van der Waals surface area (Å²) in [6.45, 7) is 1.72. The maximum atomic E-state index is 13.5. The third-order valence-electron chi connectivity index (χ3n) is 3.63. The lowest BCUT2D eigenvalue weighted by Crippen LogP contribution is -2.01. The maximum Gasteiger partial charge on any atom is 0.337 e. The minimum Gasteiger partial charge on any atom is -0.465 e. The lowest BCUT2D eigenvalue weighted by atomic mass is 9.98. The molecule has 3 rings (SSSR count). The van der Waals surface area contributed by atoms with Gasteiger partial charge in [-0.05, 0) is 60.0 Å². The van der Waals surface area contributed by atoms with Crippen LogP contribution in [0.3, 0.4) is 0 Å². The minimum absolute atomic E-state index is 0.239. The van der Waals surface area contributed by atoms with Gasteiger partial charge in [-0.1, -0.05) is 6.07 Å². The lowest BCUT2D eigenvalue weighted by molar-refractivity contribution is 0.0601. The first-order valence-electron chi connectivity index (χ1n) is 6.84. The zero-order chi connectivity index (χ0) is 15.7. The summed E-state index contributed by atoms with van der Waals surface area (Å²) in [5.74, 6) is -0.635. The van der Waals surface area contributed by atoms with Crippen molar-refractivity contribution < 1.29 is 13.9 Å².